The molecular formula is C28H33F5NO4P. The molecule has 2 aromatic rings. The minimum absolute atomic E-state index is 0.0495. The summed E-state index contributed by atoms with van der Waals surface area (Å²) >= 11 is 0. The maximum atomic E-state index is 15.2. The highest BCUT2D eigenvalue weighted by atomic mass is 31.2. The smallest absolute Gasteiger partial charge is 0.346 e. The third-order valence-corrected chi connectivity index (χ3v) is 8.58. The molecule has 1 aliphatic rings. The fourth-order valence-electron chi connectivity index (χ4n) is 4.59. The van der Waals surface area contributed by atoms with Crippen molar-refractivity contribution in [2.75, 3.05) is 19.8 Å². The number of unbranched alkanes of at least 4 members (excludes halogenated alkanes) is 2. The highest BCUT2D eigenvalue weighted by Crippen LogP contribution is 2.64. The van der Waals surface area contributed by atoms with E-state index in [2.05, 4.69) is 0 Å². The van der Waals surface area contributed by atoms with Gasteiger partial charge in [-0.15, -0.1) is 0 Å². The number of hydrogen-bond donors (Lipinski definition) is 1. The molecule has 0 heterocycles. The number of carbonyl (C=O) groups is 1. The van der Waals surface area contributed by atoms with E-state index in [4.69, 9.17) is 9.05 Å². The zero-order valence-electron chi connectivity index (χ0n) is 22.1. The Hall–Kier alpha value is -2.55. The van der Waals surface area contributed by atoms with E-state index in [1.54, 1.807) is 19.1 Å². The molecule has 1 aliphatic carbocycles. The van der Waals surface area contributed by atoms with Crippen LogP contribution in [0, 0.1) is 11.6 Å². The van der Waals surface area contributed by atoms with Crippen molar-refractivity contribution >= 4 is 13.5 Å². The molecule has 0 radical (unpaired) electrons. The van der Waals surface area contributed by atoms with Gasteiger partial charge in [-0.25, -0.2) is 8.78 Å². The number of amides is 1. The second kappa shape index (κ2) is 13.2. The fourth-order valence-corrected chi connectivity index (χ4v) is 6.68. The summed E-state index contributed by atoms with van der Waals surface area (Å²) in [5.41, 5.74) is -0.149. The quantitative estimate of drug-likeness (QED) is 0.114. The van der Waals surface area contributed by atoms with Gasteiger partial charge in [-0.1, -0.05) is 44.9 Å². The first-order valence-electron chi connectivity index (χ1n) is 12.9. The average Bonchev–Trinajstić information content (AvgIpc) is 3.18. The number of halogens is 5. The summed E-state index contributed by atoms with van der Waals surface area (Å²) in [6.45, 7) is 4.23. The van der Waals surface area contributed by atoms with Crippen molar-refractivity contribution in [1.82, 2.24) is 5.32 Å². The number of rotatable bonds is 13. The van der Waals surface area contributed by atoms with Crippen LogP contribution >= 0.6 is 7.60 Å². The Labute approximate surface area is 225 Å². The van der Waals surface area contributed by atoms with Gasteiger partial charge >= 0.3 is 13.8 Å². The monoisotopic (exact) mass is 573 g/mol. The van der Waals surface area contributed by atoms with Gasteiger partial charge in [-0.3, -0.25) is 9.36 Å². The number of benzene rings is 2. The van der Waals surface area contributed by atoms with E-state index in [0.29, 0.717) is 24.0 Å². The SMILES string of the molecule is C/C=C/C(c1cc(F)cc2c1-c1ccc(F)cc1C2C(=O)NCC(F)(F)F)P(=O)(OCCCC)OCCCC. The molecule has 2 unspecified atom stereocenters. The van der Waals surface area contributed by atoms with Crippen molar-refractivity contribution < 1.29 is 40.4 Å². The van der Waals surface area contributed by atoms with Gasteiger partial charge in [0.15, 0.2) is 0 Å². The summed E-state index contributed by atoms with van der Waals surface area (Å²) in [6.07, 6.45) is 1.26. The molecule has 0 bridgehead atoms. The third kappa shape index (κ3) is 7.35. The Morgan fingerprint density at radius 1 is 1.03 bits per heavy atom. The number of alkyl halides is 3. The van der Waals surface area contributed by atoms with E-state index >= 15 is 4.39 Å². The highest BCUT2D eigenvalue weighted by Gasteiger charge is 2.43. The van der Waals surface area contributed by atoms with E-state index in [1.165, 1.54) is 6.07 Å². The molecule has 2 aromatic carbocycles. The van der Waals surface area contributed by atoms with Crippen molar-refractivity contribution in [2.24, 2.45) is 0 Å². The van der Waals surface area contributed by atoms with Crippen LogP contribution in [0.25, 0.3) is 11.1 Å². The molecule has 1 amide bonds. The maximum absolute atomic E-state index is 15.2. The predicted molar refractivity (Wildman–Crippen MR) is 140 cm³/mol. The largest absolute Gasteiger partial charge is 0.405 e. The normalized spacial score (nSPS) is 15.8. The standard InChI is InChI=1S/C28H33F5NO4P/c1-4-7-12-37-39(36,38-13-8-5-2)24(9-6-3)22-15-19(30)16-23-25(22)20-11-10-18(29)14-21(20)26(23)27(35)34-17-28(31,32)33/h6,9-11,14-16,24,26H,4-5,7-8,12-13,17H2,1-3H3,(H,34,35)/b9-6+. The number of allylic oxidation sites excluding steroid dienone is 2. The van der Waals surface area contributed by atoms with Gasteiger partial charge < -0.3 is 14.4 Å². The van der Waals surface area contributed by atoms with Crippen LogP contribution in [0.1, 0.15) is 74.7 Å². The van der Waals surface area contributed by atoms with Crippen molar-refractivity contribution in [3.05, 3.63) is 70.8 Å². The van der Waals surface area contributed by atoms with E-state index in [9.17, 15) is 26.9 Å². The molecule has 0 saturated heterocycles. The van der Waals surface area contributed by atoms with Gasteiger partial charge in [0.05, 0.1) is 19.1 Å². The lowest BCUT2D eigenvalue weighted by Gasteiger charge is -2.27. The summed E-state index contributed by atoms with van der Waals surface area (Å²) in [4.78, 5) is 13.0. The van der Waals surface area contributed by atoms with Crippen molar-refractivity contribution in [3.63, 3.8) is 0 Å². The molecule has 39 heavy (non-hydrogen) atoms. The first kappa shape index (κ1) is 31.0. The van der Waals surface area contributed by atoms with Gasteiger partial charge in [0, 0.05) is 0 Å². The molecule has 3 rings (SSSR count). The first-order chi connectivity index (χ1) is 18.5. The van der Waals surface area contributed by atoms with E-state index in [1.807, 2.05) is 19.2 Å². The van der Waals surface area contributed by atoms with Crippen LogP contribution in [-0.4, -0.2) is 31.8 Å². The second-order valence-electron chi connectivity index (χ2n) is 9.34. The van der Waals surface area contributed by atoms with E-state index in [-0.39, 0.29) is 29.9 Å². The first-order valence-corrected chi connectivity index (χ1v) is 14.6. The van der Waals surface area contributed by atoms with Crippen LogP contribution in [0.2, 0.25) is 0 Å². The number of nitrogens with one attached hydrogen (secondary N) is 1. The molecule has 5 nitrogen and oxygen atoms in total. The average molecular weight is 574 g/mol. The van der Waals surface area contributed by atoms with Crippen LogP contribution in [-0.2, 0) is 18.4 Å². The molecule has 214 valence electrons. The minimum Gasteiger partial charge on any atom is -0.346 e. The van der Waals surface area contributed by atoms with Crippen LogP contribution < -0.4 is 5.32 Å². The Morgan fingerprint density at radius 3 is 2.21 bits per heavy atom. The van der Waals surface area contributed by atoms with Gasteiger partial charge in [0.1, 0.15) is 23.8 Å². The number of hydrogen-bond acceptors (Lipinski definition) is 4. The van der Waals surface area contributed by atoms with Gasteiger partial charge in [0.25, 0.3) is 0 Å². The Kier molecular flexibility index (Phi) is 10.5. The number of fused-ring (bicyclic) bond motifs is 3. The molecule has 0 spiro atoms. The minimum atomic E-state index is -4.68. The predicted octanol–water partition coefficient (Wildman–Crippen LogP) is 8.20. The number of carbonyl (C=O) groups excluding carboxylic acids is 1. The lowest BCUT2D eigenvalue weighted by molar-refractivity contribution is -0.138. The summed E-state index contributed by atoms with van der Waals surface area (Å²) in [5.74, 6) is -3.97. The molecule has 1 N–H and O–H groups in total. The molecule has 0 saturated carbocycles. The molecule has 0 fully saturated rings. The van der Waals surface area contributed by atoms with Crippen molar-refractivity contribution in [1.29, 1.82) is 0 Å². The third-order valence-electron chi connectivity index (χ3n) is 6.37. The zero-order valence-corrected chi connectivity index (χ0v) is 23.0. The molecule has 0 aromatic heterocycles. The van der Waals surface area contributed by atoms with E-state index in [0.717, 1.165) is 37.1 Å². The topological polar surface area (TPSA) is 64.6 Å². The second-order valence-corrected chi connectivity index (χ2v) is 11.5. The Balaban J connectivity index is 2.21. The fraction of sp³-hybridized carbons (Fsp3) is 0.464. The molecule has 2 atom stereocenters. The van der Waals surface area contributed by atoms with Crippen molar-refractivity contribution in [3.8, 4) is 11.1 Å². The lowest BCUT2D eigenvalue weighted by atomic mass is 9.93. The molecular weight excluding hydrogens is 540 g/mol. The van der Waals surface area contributed by atoms with Crippen molar-refractivity contribution in [2.45, 2.75) is 64.2 Å². The molecule has 0 aliphatic heterocycles. The zero-order chi connectivity index (χ0) is 28.8. The summed E-state index contributed by atoms with van der Waals surface area (Å²) < 4.78 is 94.0. The summed E-state index contributed by atoms with van der Waals surface area (Å²) in [6, 6.07) is 5.78. The van der Waals surface area contributed by atoms with Crippen LogP contribution in [0.4, 0.5) is 22.0 Å². The maximum Gasteiger partial charge on any atom is 0.405 e. The lowest BCUT2D eigenvalue weighted by Crippen LogP contribution is -2.36. The van der Waals surface area contributed by atoms with Gasteiger partial charge in [-0.05, 0) is 71.8 Å². The van der Waals surface area contributed by atoms with Crippen LogP contribution in [0.3, 0.4) is 0 Å². The van der Waals surface area contributed by atoms with Gasteiger partial charge in [-0.2, -0.15) is 13.2 Å². The van der Waals surface area contributed by atoms with Crippen LogP contribution in [0.5, 0.6) is 0 Å². The molecule has 11 heteroatoms. The van der Waals surface area contributed by atoms with Gasteiger partial charge in [0.2, 0.25) is 5.91 Å². The highest BCUT2D eigenvalue weighted by molar-refractivity contribution is 7.54. The summed E-state index contributed by atoms with van der Waals surface area (Å²) in [5, 5.41) is 1.83. The Bertz CT molecular complexity index is 1230. The Morgan fingerprint density at radius 2 is 1.64 bits per heavy atom. The van der Waals surface area contributed by atoms with Crippen LogP contribution in [0.15, 0.2) is 42.5 Å². The summed E-state index contributed by atoms with van der Waals surface area (Å²) in [7, 11) is -3.96. The van der Waals surface area contributed by atoms with E-state index < -0.39 is 49.4 Å².